The minimum Gasteiger partial charge on any atom is -0.316 e. The minimum atomic E-state index is 0.903. The van der Waals surface area contributed by atoms with Gasteiger partial charge in [0, 0.05) is 0 Å². The quantitative estimate of drug-likeness (QED) is 0.475. The highest BCUT2D eigenvalue weighted by molar-refractivity contribution is 4.73. The number of rotatable bonds is 0. The Hall–Kier alpha value is -0.0400. The van der Waals surface area contributed by atoms with Gasteiger partial charge >= 0.3 is 0 Å². The van der Waals surface area contributed by atoms with Crippen molar-refractivity contribution in [3.8, 4) is 0 Å². The van der Waals surface area contributed by atoms with Crippen molar-refractivity contribution in [1.82, 2.24) is 5.32 Å². The lowest BCUT2D eigenvalue weighted by atomic mass is 10.0. The molecule has 1 N–H and O–H groups in total. The lowest BCUT2D eigenvalue weighted by Crippen LogP contribution is -2.06. The molecule has 0 aromatic rings. The highest BCUT2D eigenvalue weighted by Gasteiger charge is 2.16. The average molecular weight is 99.2 g/mol. The second kappa shape index (κ2) is 1.83. The molecular weight excluding hydrogens is 86.1 g/mol. The second-order valence-electron chi connectivity index (χ2n) is 2.61. The normalized spacial score (nSPS) is 42.0. The fraction of sp³-hybridized carbons (Fsp3) is 1.00. The summed E-state index contributed by atoms with van der Waals surface area (Å²) in [5, 5.41) is 3.32. The van der Waals surface area contributed by atoms with Gasteiger partial charge in [0.1, 0.15) is 0 Å². The van der Waals surface area contributed by atoms with E-state index in [2.05, 4.69) is 19.2 Å². The Balaban J connectivity index is 2.33. The minimum absolute atomic E-state index is 0.903. The van der Waals surface area contributed by atoms with Crippen LogP contribution in [0.4, 0.5) is 0 Å². The summed E-state index contributed by atoms with van der Waals surface area (Å²) in [6.45, 7) is 7.04. The van der Waals surface area contributed by atoms with Gasteiger partial charge in [-0.1, -0.05) is 13.8 Å². The van der Waals surface area contributed by atoms with Gasteiger partial charge in [0.25, 0.3) is 0 Å². The molecule has 1 nitrogen and oxygen atoms in total. The molecule has 1 rings (SSSR count). The van der Waals surface area contributed by atoms with Crippen molar-refractivity contribution in [1.29, 1.82) is 0 Å². The predicted octanol–water partition coefficient (Wildman–Crippen LogP) is 0.862. The van der Waals surface area contributed by atoms with E-state index in [0.717, 1.165) is 11.8 Å². The predicted molar refractivity (Wildman–Crippen MR) is 31.2 cm³/mol. The molecule has 7 heavy (non-hydrogen) atoms. The van der Waals surface area contributed by atoms with Gasteiger partial charge < -0.3 is 5.32 Å². The van der Waals surface area contributed by atoms with Gasteiger partial charge in [-0.25, -0.2) is 0 Å². The summed E-state index contributed by atoms with van der Waals surface area (Å²) in [5.41, 5.74) is 0. The zero-order chi connectivity index (χ0) is 5.28. The second-order valence-corrected chi connectivity index (χ2v) is 2.61. The molecule has 1 heterocycles. The van der Waals surface area contributed by atoms with Crippen molar-refractivity contribution in [2.45, 2.75) is 13.8 Å². The highest BCUT2D eigenvalue weighted by Crippen LogP contribution is 2.13. The number of hydrogen-bond acceptors (Lipinski definition) is 1. The molecule has 0 saturated carbocycles. The van der Waals surface area contributed by atoms with Crippen LogP contribution in [0.3, 0.4) is 0 Å². The summed E-state index contributed by atoms with van der Waals surface area (Å²) in [6, 6.07) is 0. The molecule has 0 radical (unpaired) electrons. The summed E-state index contributed by atoms with van der Waals surface area (Å²) in [4.78, 5) is 0. The van der Waals surface area contributed by atoms with Crippen LogP contribution in [0.1, 0.15) is 13.8 Å². The third-order valence-corrected chi connectivity index (χ3v) is 1.90. The third-order valence-electron chi connectivity index (χ3n) is 1.90. The fourth-order valence-electron chi connectivity index (χ4n) is 0.941. The Labute approximate surface area is 45.1 Å². The maximum atomic E-state index is 3.32. The van der Waals surface area contributed by atoms with E-state index in [-0.39, 0.29) is 0 Å². The summed E-state index contributed by atoms with van der Waals surface area (Å²) in [6.07, 6.45) is 0. The van der Waals surface area contributed by atoms with Gasteiger partial charge in [-0.3, -0.25) is 0 Å². The molecule has 1 unspecified atom stereocenters. The zero-order valence-electron chi connectivity index (χ0n) is 5.07. The zero-order valence-corrected chi connectivity index (χ0v) is 5.07. The molecule has 1 aliphatic rings. The van der Waals surface area contributed by atoms with E-state index in [1.165, 1.54) is 13.1 Å². The lowest BCUT2D eigenvalue weighted by molar-refractivity contribution is 0.494. The summed E-state index contributed by atoms with van der Waals surface area (Å²) < 4.78 is 0. The summed E-state index contributed by atoms with van der Waals surface area (Å²) in [5.74, 6) is 1.81. The van der Waals surface area contributed by atoms with Crippen LogP contribution in [0.5, 0.6) is 0 Å². The van der Waals surface area contributed by atoms with E-state index in [4.69, 9.17) is 0 Å². The van der Waals surface area contributed by atoms with Crippen LogP contribution < -0.4 is 5.32 Å². The molecule has 0 bridgehead atoms. The molecule has 0 aliphatic carbocycles. The highest BCUT2D eigenvalue weighted by atomic mass is 14.9. The maximum Gasteiger partial charge on any atom is -0.00200 e. The summed E-state index contributed by atoms with van der Waals surface area (Å²) in [7, 11) is 0. The van der Waals surface area contributed by atoms with Gasteiger partial charge in [-0.15, -0.1) is 0 Å². The topological polar surface area (TPSA) is 12.0 Å². The average Bonchev–Trinajstić information content (AvgIpc) is 1.91. The fourth-order valence-corrected chi connectivity index (χ4v) is 0.941. The van der Waals surface area contributed by atoms with Gasteiger partial charge in [-0.2, -0.15) is 0 Å². The van der Waals surface area contributed by atoms with Crippen molar-refractivity contribution in [2.75, 3.05) is 13.1 Å². The molecule has 1 fully saturated rings. The maximum absolute atomic E-state index is 3.32. The Morgan fingerprint density at radius 3 is 1.71 bits per heavy atom. The Kier molecular flexibility index (Phi) is 1.33. The van der Waals surface area contributed by atoms with Crippen molar-refractivity contribution in [2.24, 2.45) is 11.8 Å². The standard InChI is InChI=1S/C6H13N/c1-5-3-7-4-6(5)2/h5-7H,3-4H2,1-2H3/t5-,6?/m0/s1. The van der Waals surface area contributed by atoms with Crippen LogP contribution in [0, 0.1) is 11.8 Å². The van der Waals surface area contributed by atoms with Gasteiger partial charge in [0.15, 0.2) is 0 Å². The first-order valence-electron chi connectivity index (χ1n) is 3.01. The molecule has 0 aromatic carbocycles. The molecule has 2 atom stereocenters. The Morgan fingerprint density at radius 1 is 1.14 bits per heavy atom. The van der Waals surface area contributed by atoms with Gasteiger partial charge in [0.2, 0.25) is 0 Å². The molecular formula is C6H13N. The summed E-state index contributed by atoms with van der Waals surface area (Å²) >= 11 is 0. The van der Waals surface area contributed by atoms with Crippen LogP contribution >= 0.6 is 0 Å². The van der Waals surface area contributed by atoms with E-state index < -0.39 is 0 Å². The molecule has 0 aromatic heterocycles. The third kappa shape index (κ3) is 0.942. The number of nitrogens with one attached hydrogen (secondary N) is 1. The van der Waals surface area contributed by atoms with E-state index in [1.54, 1.807) is 0 Å². The molecule has 0 amide bonds. The monoisotopic (exact) mass is 99.1 g/mol. The molecule has 1 saturated heterocycles. The van der Waals surface area contributed by atoms with E-state index in [1.807, 2.05) is 0 Å². The van der Waals surface area contributed by atoms with E-state index >= 15 is 0 Å². The van der Waals surface area contributed by atoms with Crippen LogP contribution in [-0.4, -0.2) is 13.1 Å². The smallest absolute Gasteiger partial charge is 0.00200 e. The lowest BCUT2D eigenvalue weighted by Gasteiger charge is -2.03. The first-order chi connectivity index (χ1) is 3.30. The van der Waals surface area contributed by atoms with Crippen molar-refractivity contribution in [3.05, 3.63) is 0 Å². The van der Waals surface area contributed by atoms with Crippen molar-refractivity contribution < 1.29 is 0 Å². The number of hydrogen-bond donors (Lipinski definition) is 1. The van der Waals surface area contributed by atoms with Gasteiger partial charge in [0.05, 0.1) is 0 Å². The molecule has 42 valence electrons. The first kappa shape index (κ1) is 5.10. The molecule has 0 spiro atoms. The SMILES string of the molecule is CC1CNC[C@@H]1C. The van der Waals surface area contributed by atoms with E-state index in [9.17, 15) is 0 Å². The largest absolute Gasteiger partial charge is 0.316 e. The van der Waals surface area contributed by atoms with E-state index in [0.29, 0.717) is 0 Å². The van der Waals surface area contributed by atoms with Crippen molar-refractivity contribution in [3.63, 3.8) is 0 Å². The van der Waals surface area contributed by atoms with Crippen LogP contribution in [-0.2, 0) is 0 Å². The Morgan fingerprint density at radius 2 is 1.57 bits per heavy atom. The van der Waals surface area contributed by atoms with Crippen LogP contribution in [0.2, 0.25) is 0 Å². The van der Waals surface area contributed by atoms with Crippen molar-refractivity contribution >= 4 is 0 Å². The molecule has 1 aliphatic heterocycles. The first-order valence-corrected chi connectivity index (χ1v) is 3.01. The van der Waals surface area contributed by atoms with Gasteiger partial charge in [-0.05, 0) is 24.9 Å². The molecule has 1 heteroatoms. The van der Waals surface area contributed by atoms with Crippen LogP contribution in [0.25, 0.3) is 0 Å². The van der Waals surface area contributed by atoms with Crippen LogP contribution in [0.15, 0.2) is 0 Å². The Bertz CT molecular complexity index is 53.2.